The molecule has 0 fully saturated rings. The maximum Gasteiger partial charge on any atom is 0.521 e. The Kier molecular flexibility index (Phi) is 7.47. The van der Waals surface area contributed by atoms with Crippen molar-refractivity contribution in [3.8, 4) is 0 Å². The summed E-state index contributed by atoms with van der Waals surface area (Å²) in [5.74, 6) is -0.526. The number of nitrogens with zero attached hydrogens (tertiary/aromatic N) is 1. The van der Waals surface area contributed by atoms with Crippen molar-refractivity contribution in [2.45, 2.75) is 13.8 Å². The third-order valence-corrected chi connectivity index (χ3v) is 3.31. The van der Waals surface area contributed by atoms with Gasteiger partial charge in [0.15, 0.2) is 0 Å². The summed E-state index contributed by atoms with van der Waals surface area (Å²) in [5, 5.41) is 0. The summed E-state index contributed by atoms with van der Waals surface area (Å²) in [4.78, 5) is 11.1. The van der Waals surface area contributed by atoms with E-state index in [1.807, 2.05) is 0 Å². The monoisotopic (exact) mass is 296 g/mol. The van der Waals surface area contributed by atoms with Crippen molar-refractivity contribution in [1.29, 1.82) is 0 Å². The first-order valence-electron chi connectivity index (χ1n) is 5.84. The van der Waals surface area contributed by atoms with Crippen molar-refractivity contribution < 1.29 is 32.4 Å². The molecule has 0 spiro atoms. The van der Waals surface area contributed by atoms with Crippen LogP contribution in [0, 0.1) is 0 Å². The fraction of sp³-hybridized carbons (Fsp3) is 0.727. The van der Waals surface area contributed by atoms with E-state index in [0.717, 1.165) is 0 Å². The molecule has 0 saturated heterocycles. The predicted octanol–water partition coefficient (Wildman–Crippen LogP) is 1.90. The molecule has 0 amide bonds. The third kappa shape index (κ3) is 8.91. The third-order valence-electron chi connectivity index (χ3n) is 1.55. The summed E-state index contributed by atoms with van der Waals surface area (Å²) in [6.45, 7) is 6.70. The van der Waals surface area contributed by atoms with Gasteiger partial charge in [0.25, 0.3) is 0 Å². The Bertz CT molecular complexity index is 363. The number of carbonyl (C=O) groups is 1. The molecule has 1 atom stereocenters. The molecule has 1 unspecified atom stereocenters. The molecule has 0 aliphatic rings. The van der Waals surface area contributed by atoms with E-state index >= 15 is 0 Å². The number of phosphoric acid groups is 1. The summed E-state index contributed by atoms with van der Waals surface area (Å²) in [6.07, 6.45) is 0. The SMILES string of the molecule is C=C(C)C(=O)OCCOP(=O)(OCC)O[N+](C)(C)C. The lowest BCUT2D eigenvalue weighted by atomic mass is 10.4. The van der Waals surface area contributed by atoms with E-state index in [-0.39, 0.29) is 30.0 Å². The van der Waals surface area contributed by atoms with Gasteiger partial charge in [-0.05, 0) is 13.8 Å². The standard InChI is InChI=1S/C11H23NO6P/c1-7-16-19(14,18-12(4,5)6)17-9-8-15-11(13)10(2)3/h2,7-9H2,1,3-6H3/q+1. The van der Waals surface area contributed by atoms with Gasteiger partial charge in [0.05, 0.1) is 34.4 Å². The highest BCUT2D eigenvalue weighted by molar-refractivity contribution is 7.48. The van der Waals surface area contributed by atoms with E-state index in [1.54, 1.807) is 28.1 Å². The van der Waals surface area contributed by atoms with E-state index in [9.17, 15) is 9.36 Å². The van der Waals surface area contributed by atoms with Crippen molar-refractivity contribution in [2.24, 2.45) is 0 Å². The van der Waals surface area contributed by atoms with Gasteiger partial charge in [0.2, 0.25) is 0 Å². The number of hydrogen-bond acceptors (Lipinski definition) is 6. The highest BCUT2D eigenvalue weighted by atomic mass is 31.2. The number of esters is 1. The molecular formula is C11H23NO6P+. The average Bonchev–Trinajstić information content (AvgIpc) is 2.21. The maximum absolute atomic E-state index is 12.2. The second-order valence-electron chi connectivity index (χ2n) is 4.59. The number of phosphoric ester groups is 1. The van der Waals surface area contributed by atoms with E-state index in [2.05, 4.69) is 6.58 Å². The molecule has 0 N–H and O–H groups in total. The Morgan fingerprint density at radius 1 is 1.21 bits per heavy atom. The van der Waals surface area contributed by atoms with Crippen LogP contribution in [-0.4, -0.2) is 51.6 Å². The Hall–Kier alpha value is -0.720. The second-order valence-corrected chi connectivity index (χ2v) is 6.16. The van der Waals surface area contributed by atoms with Crippen LogP contribution in [0.2, 0.25) is 0 Å². The minimum atomic E-state index is -3.67. The first kappa shape index (κ1) is 18.3. The largest absolute Gasteiger partial charge is 0.521 e. The molecular weight excluding hydrogens is 273 g/mol. The van der Waals surface area contributed by atoms with Gasteiger partial charge in [-0.15, -0.1) is 0 Å². The molecule has 0 bridgehead atoms. The van der Waals surface area contributed by atoms with E-state index < -0.39 is 13.8 Å². The van der Waals surface area contributed by atoms with Crippen molar-refractivity contribution in [2.75, 3.05) is 41.0 Å². The van der Waals surface area contributed by atoms with Crippen LogP contribution in [0.1, 0.15) is 13.8 Å². The molecule has 7 nitrogen and oxygen atoms in total. The van der Waals surface area contributed by atoms with Crippen molar-refractivity contribution in [3.63, 3.8) is 0 Å². The number of hydrogen-bond donors (Lipinski definition) is 0. The zero-order valence-electron chi connectivity index (χ0n) is 12.2. The van der Waals surface area contributed by atoms with Gasteiger partial charge in [-0.2, -0.15) is 4.65 Å². The summed E-state index contributed by atoms with van der Waals surface area (Å²) < 4.78 is 32.2. The Balaban J connectivity index is 4.26. The Morgan fingerprint density at radius 2 is 1.79 bits per heavy atom. The molecule has 8 heteroatoms. The zero-order chi connectivity index (χ0) is 15.1. The molecule has 0 aliphatic carbocycles. The van der Waals surface area contributed by atoms with E-state index in [1.165, 1.54) is 6.92 Å². The van der Waals surface area contributed by atoms with Gasteiger partial charge in [-0.3, -0.25) is 9.05 Å². The normalized spacial score (nSPS) is 14.8. The van der Waals surface area contributed by atoms with Gasteiger partial charge < -0.3 is 4.74 Å². The topological polar surface area (TPSA) is 71.1 Å². The summed E-state index contributed by atoms with van der Waals surface area (Å²) in [6, 6.07) is 0. The molecule has 0 aliphatic heterocycles. The fourth-order valence-electron chi connectivity index (χ4n) is 0.949. The Morgan fingerprint density at radius 3 is 2.21 bits per heavy atom. The quantitative estimate of drug-likeness (QED) is 0.162. The van der Waals surface area contributed by atoms with Gasteiger partial charge in [-0.1, -0.05) is 11.2 Å². The summed E-state index contributed by atoms with van der Waals surface area (Å²) in [7, 11) is 1.36. The summed E-state index contributed by atoms with van der Waals surface area (Å²) >= 11 is 0. The highest BCUT2D eigenvalue weighted by Crippen LogP contribution is 2.50. The van der Waals surface area contributed by atoms with Crippen LogP contribution in [0.4, 0.5) is 0 Å². The van der Waals surface area contributed by atoms with Gasteiger partial charge in [0, 0.05) is 5.57 Å². The minimum absolute atomic E-state index is 0.0389. The minimum Gasteiger partial charge on any atom is -0.460 e. The number of hydroxylamine groups is 3. The van der Waals surface area contributed by atoms with Gasteiger partial charge in [-0.25, -0.2) is 9.36 Å². The van der Waals surface area contributed by atoms with E-state index in [0.29, 0.717) is 0 Å². The van der Waals surface area contributed by atoms with Crippen LogP contribution < -0.4 is 0 Å². The first-order chi connectivity index (χ1) is 8.59. The molecule has 0 rings (SSSR count). The Labute approximate surface area is 114 Å². The van der Waals surface area contributed by atoms with Crippen molar-refractivity contribution in [3.05, 3.63) is 12.2 Å². The van der Waals surface area contributed by atoms with Crippen LogP contribution in [0.5, 0.6) is 0 Å². The molecule has 0 aromatic carbocycles. The van der Waals surface area contributed by atoms with E-state index in [4.69, 9.17) is 18.4 Å². The lowest BCUT2D eigenvalue weighted by molar-refractivity contribution is -1.04. The lowest BCUT2D eigenvalue weighted by Crippen LogP contribution is -2.33. The number of ether oxygens (including phenoxy) is 1. The van der Waals surface area contributed by atoms with Crippen molar-refractivity contribution in [1.82, 2.24) is 0 Å². The molecule has 0 aromatic heterocycles. The molecule has 19 heavy (non-hydrogen) atoms. The van der Waals surface area contributed by atoms with Crippen LogP contribution in [0.15, 0.2) is 12.2 Å². The van der Waals surface area contributed by atoms with Crippen LogP contribution >= 0.6 is 7.82 Å². The predicted molar refractivity (Wildman–Crippen MR) is 70.1 cm³/mol. The molecule has 0 heterocycles. The molecule has 0 saturated carbocycles. The number of quaternary nitrogens is 1. The summed E-state index contributed by atoms with van der Waals surface area (Å²) in [5.41, 5.74) is 0.288. The maximum atomic E-state index is 12.2. The van der Waals surface area contributed by atoms with Gasteiger partial charge in [0.1, 0.15) is 6.61 Å². The fourth-order valence-corrected chi connectivity index (χ4v) is 2.33. The smallest absolute Gasteiger partial charge is 0.460 e. The molecule has 0 aromatic rings. The number of rotatable bonds is 9. The number of carbonyl (C=O) groups excluding carboxylic acids is 1. The van der Waals surface area contributed by atoms with Crippen LogP contribution in [0.25, 0.3) is 0 Å². The second kappa shape index (κ2) is 7.77. The van der Waals surface area contributed by atoms with Crippen LogP contribution in [0.3, 0.4) is 0 Å². The first-order valence-corrected chi connectivity index (χ1v) is 7.30. The van der Waals surface area contributed by atoms with Crippen LogP contribution in [-0.2, 0) is 27.8 Å². The average molecular weight is 296 g/mol. The van der Waals surface area contributed by atoms with Gasteiger partial charge >= 0.3 is 13.8 Å². The molecule has 112 valence electrons. The zero-order valence-corrected chi connectivity index (χ0v) is 13.1. The highest BCUT2D eigenvalue weighted by Gasteiger charge is 2.34. The molecule has 0 radical (unpaired) electrons. The lowest BCUT2D eigenvalue weighted by Gasteiger charge is -2.25. The van der Waals surface area contributed by atoms with Crippen molar-refractivity contribution >= 4 is 13.8 Å².